The van der Waals surface area contributed by atoms with Crippen LogP contribution in [0.1, 0.15) is 25.3 Å². The third kappa shape index (κ3) is 8.07. The van der Waals surface area contributed by atoms with E-state index in [9.17, 15) is 8.42 Å². The fourth-order valence-electron chi connectivity index (χ4n) is 3.67. The zero-order valence-electron chi connectivity index (χ0n) is 18.2. The van der Waals surface area contributed by atoms with Crippen LogP contribution >= 0.6 is 24.0 Å². The summed E-state index contributed by atoms with van der Waals surface area (Å²) in [6.07, 6.45) is 2.67. The van der Waals surface area contributed by atoms with Gasteiger partial charge in [-0.25, -0.2) is 8.42 Å². The lowest BCUT2D eigenvalue weighted by molar-refractivity contribution is 0.0893. The second kappa shape index (κ2) is 13.4. The van der Waals surface area contributed by atoms with E-state index < -0.39 is 10.0 Å². The Balaban J connectivity index is 0.00000341. The minimum atomic E-state index is -3.37. The molecule has 2 aliphatic heterocycles. The van der Waals surface area contributed by atoms with Crippen LogP contribution in [0.2, 0.25) is 0 Å². The number of nitrogens with zero attached hydrogens (tertiary/aromatic N) is 2. The molecule has 1 aromatic carbocycles. The number of rotatable bonds is 11. The molecule has 2 heterocycles. The first kappa shape index (κ1) is 26.1. The van der Waals surface area contributed by atoms with Gasteiger partial charge < -0.3 is 20.1 Å². The van der Waals surface area contributed by atoms with Gasteiger partial charge in [-0.05, 0) is 37.8 Å². The lowest BCUT2D eigenvalue weighted by Crippen LogP contribution is -2.42. The van der Waals surface area contributed by atoms with Crippen molar-refractivity contribution in [2.75, 3.05) is 62.7 Å². The van der Waals surface area contributed by atoms with Gasteiger partial charge in [-0.1, -0.05) is 18.2 Å². The van der Waals surface area contributed by atoms with E-state index in [1.54, 1.807) is 0 Å². The van der Waals surface area contributed by atoms with Crippen LogP contribution < -0.4 is 14.9 Å². The van der Waals surface area contributed by atoms with Gasteiger partial charge in [0.2, 0.25) is 10.0 Å². The Labute approximate surface area is 203 Å². The summed E-state index contributed by atoms with van der Waals surface area (Å²) in [7, 11) is -3.37. The molecule has 176 valence electrons. The van der Waals surface area contributed by atoms with Gasteiger partial charge in [-0.2, -0.15) is 0 Å². The van der Waals surface area contributed by atoms with E-state index in [1.165, 1.54) is 4.31 Å². The molecule has 0 aliphatic carbocycles. The summed E-state index contributed by atoms with van der Waals surface area (Å²) in [6, 6.07) is 7.70. The van der Waals surface area contributed by atoms with E-state index in [2.05, 4.69) is 15.6 Å². The molecule has 0 bridgehead atoms. The fraction of sp³-hybridized carbons (Fsp3) is 0.667. The predicted molar refractivity (Wildman–Crippen MR) is 135 cm³/mol. The largest absolute Gasteiger partial charge is 0.381 e. The number of nitrogens with one attached hydrogen (secondary N) is 2. The second-order valence-electron chi connectivity index (χ2n) is 7.61. The average molecular weight is 567 g/mol. The highest BCUT2D eigenvalue weighted by Crippen LogP contribution is 2.29. The molecule has 31 heavy (non-hydrogen) atoms. The van der Waals surface area contributed by atoms with Crippen LogP contribution in [0.15, 0.2) is 29.3 Å². The number of para-hydroxylation sites is 1. The molecule has 10 heteroatoms. The summed E-state index contributed by atoms with van der Waals surface area (Å²) in [5.41, 5.74) is 1.90. The Hall–Kier alpha value is -1.11. The van der Waals surface area contributed by atoms with E-state index in [0.717, 1.165) is 56.9 Å². The minimum absolute atomic E-state index is 0. The van der Waals surface area contributed by atoms with Gasteiger partial charge in [-0.3, -0.25) is 9.30 Å². The number of sulfonamides is 1. The van der Waals surface area contributed by atoms with Gasteiger partial charge in [0.15, 0.2) is 5.96 Å². The Bertz CT molecular complexity index is 800. The highest BCUT2D eigenvalue weighted by molar-refractivity contribution is 14.0. The number of anilines is 1. The first-order valence-corrected chi connectivity index (χ1v) is 12.5. The zero-order chi connectivity index (χ0) is 21.2. The van der Waals surface area contributed by atoms with Crippen LogP contribution in [0.25, 0.3) is 0 Å². The Kier molecular flexibility index (Phi) is 11.3. The Morgan fingerprint density at radius 3 is 2.94 bits per heavy atom. The van der Waals surface area contributed by atoms with Crippen molar-refractivity contribution in [1.82, 2.24) is 10.6 Å². The van der Waals surface area contributed by atoms with Crippen molar-refractivity contribution in [1.29, 1.82) is 0 Å². The van der Waals surface area contributed by atoms with Gasteiger partial charge in [0.05, 0.1) is 24.7 Å². The van der Waals surface area contributed by atoms with E-state index >= 15 is 0 Å². The normalized spacial score (nSPS) is 18.5. The van der Waals surface area contributed by atoms with Gasteiger partial charge >= 0.3 is 0 Å². The van der Waals surface area contributed by atoms with Gasteiger partial charge in [-0.15, -0.1) is 24.0 Å². The number of hydrogen-bond donors (Lipinski definition) is 2. The molecular formula is C21H35IN4O4S. The number of fused-ring (bicyclic) bond motifs is 1. The molecular weight excluding hydrogens is 531 g/mol. The number of guanidine groups is 1. The highest BCUT2D eigenvalue weighted by Gasteiger charge is 2.28. The third-order valence-electron chi connectivity index (χ3n) is 5.27. The standard InChI is InChI=1S/C21H34N4O4S.HI/c1-2-22-21(23-10-5-13-28-16-18-9-14-29-17-18)24-11-15-30(26,27)25-12-8-19-6-3-4-7-20(19)25;/h3-4,6-7,18H,2,5,8-17H2,1H3,(H2,22,23,24);1H. The molecule has 0 radical (unpaired) electrons. The van der Waals surface area contributed by atoms with Crippen LogP contribution in [0.3, 0.4) is 0 Å². The maximum absolute atomic E-state index is 12.8. The summed E-state index contributed by atoms with van der Waals surface area (Å²) in [5, 5.41) is 6.30. The topological polar surface area (TPSA) is 92.3 Å². The first-order chi connectivity index (χ1) is 14.6. The van der Waals surface area contributed by atoms with E-state index in [0.29, 0.717) is 38.1 Å². The number of benzene rings is 1. The average Bonchev–Trinajstić information content (AvgIpc) is 3.40. The molecule has 2 aliphatic rings. The van der Waals surface area contributed by atoms with Crippen LogP contribution in [0, 0.1) is 5.92 Å². The summed E-state index contributed by atoms with van der Waals surface area (Å²) in [5.74, 6) is 1.19. The number of hydrogen-bond acceptors (Lipinski definition) is 5. The van der Waals surface area contributed by atoms with Crippen molar-refractivity contribution < 1.29 is 17.9 Å². The van der Waals surface area contributed by atoms with Crippen molar-refractivity contribution in [3.8, 4) is 0 Å². The quantitative estimate of drug-likeness (QED) is 0.184. The molecule has 2 N–H and O–H groups in total. The van der Waals surface area contributed by atoms with Crippen molar-refractivity contribution in [2.45, 2.75) is 26.2 Å². The first-order valence-electron chi connectivity index (χ1n) is 10.9. The van der Waals surface area contributed by atoms with Crippen LogP contribution in [-0.4, -0.2) is 72.7 Å². The smallest absolute Gasteiger partial charge is 0.236 e. The molecule has 1 saturated heterocycles. The zero-order valence-corrected chi connectivity index (χ0v) is 21.4. The molecule has 8 nitrogen and oxygen atoms in total. The molecule has 3 rings (SSSR count). The fourth-order valence-corrected chi connectivity index (χ4v) is 5.10. The van der Waals surface area contributed by atoms with Gasteiger partial charge in [0, 0.05) is 45.3 Å². The third-order valence-corrected chi connectivity index (χ3v) is 7.04. The number of halogens is 1. The SMILES string of the molecule is CCNC(=NCCCOCC1CCOC1)NCCS(=O)(=O)N1CCc2ccccc21.I. The summed E-state index contributed by atoms with van der Waals surface area (Å²) in [4.78, 5) is 4.52. The van der Waals surface area contributed by atoms with E-state index in [-0.39, 0.29) is 29.7 Å². The highest BCUT2D eigenvalue weighted by atomic mass is 127. The molecule has 0 amide bonds. The maximum atomic E-state index is 12.8. The molecule has 0 aromatic heterocycles. The summed E-state index contributed by atoms with van der Waals surface area (Å²) < 4.78 is 38.1. The summed E-state index contributed by atoms with van der Waals surface area (Å²) >= 11 is 0. The van der Waals surface area contributed by atoms with Gasteiger partial charge in [0.25, 0.3) is 0 Å². The van der Waals surface area contributed by atoms with E-state index in [1.807, 2.05) is 31.2 Å². The molecule has 1 unspecified atom stereocenters. The van der Waals surface area contributed by atoms with Crippen molar-refractivity contribution in [2.24, 2.45) is 10.9 Å². The molecule has 0 saturated carbocycles. The molecule has 1 atom stereocenters. The van der Waals surface area contributed by atoms with Gasteiger partial charge in [0.1, 0.15) is 0 Å². The number of ether oxygens (including phenoxy) is 2. The Morgan fingerprint density at radius 2 is 2.16 bits per heavy atom. The minimum Gasteiger partial charge on any atom is -0.381 e. The number of aliphatic imine (C=N–C) groups is 1. The van der Waals surface area contributed by atoms with Crippen molar-refractivity contribution in [3.05, 3.63) is 29.8 Å². The van der Waals surface area contributed by atoms with E-state index in [4.69, 9.17) is 9.47 Å². The Morgan fingerprint density at radius 1 is 1.32 bits per heavy atom. The van der Waals surface area contributed by atoms with Crippen molar-refractivity contribution in [3.63, 3.8) is 0 Å². The predicted octanol–water partition coefficient (Wildman–Crippen LogP) is 2.00. The lowest BCUT2D eigenvalue weighted by Gasteiger charge is -2.20. The molecule has 1 aromatic rings. The van der Waals surface area contributed by atoms with Crippen LogP contribution in [-0.2, 0) is 25.9 Å². The van der Waals surface area contributed by atoms with Crippen molar-refractivity contribution >= 4 is 45.6 Å². The lowest BCUT2D eigenvalue weighted by atomic mass is 10.1. The summed E-state index contributed by atoms with van der Waals surface area (Å²) in [6.45, 7) is 7.23. The monoisotopic (exact) mass is 566 g/mol. The maximum Gasteiger partial charge on any atom is 0.236 e. The molecule has 1 fully saturated rings. The second-order valence-corrected chi connectivity index (χ2v) is 9.63. The van der Waals surface area contributed by atoms with Crippen LogP contribution in [0.5, 0.6) is 0 Å². The van der Waals surface area contributed by atoms with Crippen LogP contribution in [0.4, 0.5) is 5.69 Å². The molecule has 0 spiro atoms.